The first-order valence-corrected chi connectivity index (χ1v) is 6.58. The standard InChI is InChI=1S/C12H15NO3S/c1-7-5-17-6-9(7)11(14)13-10(12(15)16)4-8-2-3-8/h5-6,8,10H,2-4H2,1H3,(H,13,14)(H,15,16). The van der Waals surface area contributed by atoms with Gasteiger partial charge in [-0.2, -0.15) is 11.3 Å². The monoisotopic (exact) mass is 253 g/mol. The molecule has 1 saturated carbocycles. The fourth-order valence-electron chi connectivity index (χ4n) is 1.74. The molecule has 0 aliphatic heterocycles. The Morgan fingerprint density at radius 3 is 2.71 bits per heavy atom. The largest absolute Gasteiger partial charge is 0.480 e. The molecule has 1 heterocycles. The van der Waals surface area contributed by atoms with E-state index in [1.807, 2.05) is 12.3 Å². The number of carbonyl (C=O) groups is 2. The molecule has 1 aromatic heterocycles. The smallest absolute Gasteiger partial charge is 0.326 e. The van der Waals surface area contributed by atoms with E-state index in [-0.39, 0.29) is 5.91 Å². The molecule has 17 heavy (non-hydrogen) atoms. The van der Waals surface area contributed by atoms with Crippen molar-refractivity contribution in [1.29, 1.82) is 0 Å². The summed E-state index contributed by atoms with van der Waals surface area (Å²) < 4.78 is 0. The molecule has 1 atom stereocenters. The summed E-state index contributed by atoms with van der Waals surface area (Å²) in [5.74, 6) is -0.755. The van der Waals surface area contributed by atoms with Crippen LogP contribution in [0.4, 0.5) is 0 Å². The van der Waals surface area contributed by atoms with Crippen molar-refractivity contribution in [3.63, 3.8) is 0 Å². The van der Waals surface area contributed by atoms with Gasteiger partial charge in [-0.25, -0.2) is 4.79 Å². The second-order valence-corrected chi connectivity index (χ2v) is 5.26. The van der Waals surface area contributed by atoms with Gasteiger partial charge in [-0.15, -0.1) is 0 Å². The van der Waals surface area contributed by atoms with Gasteiger partial charge in [0.15, 0.2) is 0 Å². The van der Waals surface area contributed by atoms with E-state index in [1.165, 1.54) is 11.3 Å². The van der Waals surface area contributed by atoms with Crippen molar-refractivity contribution in [3.05, 3.63) is 21.9 Å². The Morgan fingerprint density at radius 2 is 2.24 bits per heavy atom. The highest BCUT2D eigenvalue weighted by molar-refractivity contribution is 7.08. The van der Waals surface area contributed by atoms with Crippen LogP contribution in [-0.2, 0) is 4.79 Å². The Balaban J connectivity index is 1.99. The molecule has 0 bridgehead atoms. The second kappa shape index (κ2) is 4.87. The van der Waals surface area contributed by atoms with Crippen molar-refractivity contribution in [1.82, 2.24) is 5.32 Å². The number of carboxylic acids is 1. The van der Waals surface area contributed by atoms with Crippen molar-refractivity contribution in [3.8, 4) is 0 Å². The minimum Gasteiger partial charge on any atom is -0.480 e. The number of hydrogen-bond acceptors (Lipinski definition) is 3. The van der Waals surface area contributed by atoms with E-state index in [9.17, 15) is 9.59 Å². The predicted molar refractivity (Wildman–Crippen MR) is 65.3 cm³/mol. The summed E-state index contributed by atoms with van der Waals surface area (Å²) in [6.45, 7) is 1.85. The van der Waals surface area contributed by atoms with E-state index in [0.29, 0.717) is 17.9 Å². The van der Waals surface area contributed by atoms with Crippen LogP contribution in [0, 0.1) is 12.8 Å². The predicted octanol–water partition coefficient (Wildman–Crippen LogP) is 2.04. The molecule has 2 rings (SSSR count). The molecule has 5 heteroatoms. The maximum atomic E-state index is 11.9. The topological polar surface area (TPSA) is 66.4 Å². The first-order chi connectivity index (χ1) is 8.08. The Kier molecular flexibility index (Phi) is 3.47. The molecule has 1 aromatic rings. The molecule has 1 fully saturated rings. The Bertz CT molecular complexity index is 437. The summed E-state index contributed by atoms with van der Waals surface area (Å²) in [6, 6.07) is -0.755. The zero-order valence-electron chi connectivity index (χ0n) is 9.60. The van der Waals surface area contributed by atoms with Crippen LogP contribution in [-0.4, -0.2) is 23.0 Å². The van der Waals surface area contributed by atoms with Gasteiger partial charge in [-0.3, -0.25) is 4.79 Å². The van der Waals surface area contributed by atoms with Crippen LogP contribution in [0.1, 0.15) is 35.2 Å². The number of thiophene rings is 1. The van der Waals surface area contributed by atoms with Crippen molar-refractivity contribution in [2.75, 3.05) is 0 Å². The van der Waals surface area contributed by atoms with Gasteiger partial charge in [0.2, 0.25) is 0 Å². The molecular weight excluding hydrogens is 238 g/mol. The Hall–Kier alpha value is -1.36. The molecule has 1 amide bonds. The number of rotatable bonds is 5. The van der Waals surface area contributed by atoms with Crippen molar-refractivity contribution < 1.29 is 14.7 Å². The fourth-order valence-corrected chi connectivity index (χ4v) is 2.57. The Labute approximate surface area is 104 Å². The molecule has 0 aromatic carbocycles. The number of nitrogens with one attached hydrogen (secondary N) is 1. The van der Waals surface area contributed by atoms with Crippen LogP contribution in [0.5, 0.6) is 0 Å². The number of hydrogen-bond donors (Lipinski definition) is 2. The zero-order chi connectivity index (χ0) is 12.4. The van der Waals surface area contributed by atoms with E-state index in [1.54, 1.807) is 5.38 Å². The van der Waals surface area contributed by atoms with E-state index >= 15 is 0 Å². The second-order valence-electron chi connectivity index (χ2n) is 4.51. The van der Waals surface area contributed by atoms with Crippen LogP contribution >= 0.6 is 11.3 Å². The van der Waals surface area contributed by atoms with Crippen molar-refractivity contribution in [2.45, 2.75) is 32.2 Å². The van der Waals surface area contributed by atoms with Crippen LogP contribution < -0.4 is 5.32 Å². The van der Waals surface area contributed by atoms with E-state index in [2.05, 4.69) is 5.32 Å². The number of carboxylic acid groups (broad SMARTS) is 1. The highest BCUT2D eigenvalue weighted by atomic mass is 32.1. The molecular formula is C12H15NO3S. The lowest BCUT2D eigenvalue weighted by atomic mass is 10.1. The average molecular weight is 253 g/mol. The third-order valence-corrected chi connectivity index (χ3v) is 3.83. The van der Waals surface area contributed by atoms with Gasteiger partial charge in [0.05, 0.1) is 5.56 Å². The minimum atomic E-state index is -0.946. The van der Waals surface area contributed by atoms with Crippen LogP contribution in [0.3, 0.4) is 0 Å². The van der Waals surface area contributed by atoms with Gasteiger partial charge in [0.25, 0.3) is 5.91 Å². The lowest BCUT2D eigenvalue weighted by Gasteiger charge is -2.13. The first kappa shape index (κ1) is 12.1. The van der Waals surface area contributed by atoms with Gasteiger partial charge >= 0.3 is 5.97 Å². The maximum Gasteiger partial charge on any atom is 0.326 e. The first-order valence-electron chi connectivity index (χ1n) is 5.64. The van der Waals surface area contributed by atoms with Crippen molar-refractivity contribution in [2.24, 2.45) is 5.92 Å². The van der Waals surface area contributed by atoms with Crippen LogP contribution in [0.15, 0.2) is 10.8 Å². The van der Waals surface area contributed by atoms with E-state index < -0.39 is 12.0 Å². The lowest BCUT2D eigenvalue weighted by molar-refractivity contribution is -0.139. The number of aliphatic carboxylic acids is 1. The third-order valence-electron chi connectivity index (χ3n) is 2.97. The average Bonchev–Trinajstić information content (AvgIpc) is 2.97. The van der Waals surface area contributed by atoms with Crippen LogP contribution in [0.25, 0.3) is 0 Å². The summed E-state index contributed by atoms with van der Waals surface area (Å²) in [6.07, 6.45) is 2.71. The fraction of sp³-hybridized carbons (Fsp3) is 0.500. The SMILES string of the molecule is Cc1cscc1C(=O)NC(CC1CC1)C(=O)O. The van der Waals surface area contributed by atoms with Crippen LogP contribution in [0.2, 0.25) is 0 Å². The molecule has 0 saturated heterocycles. The molecule has 0 spiro atoms. The zero-order valence-corrected chi connectivity index (χ0v) is 10.4. The minimum absolute atomic E-state index is 0.281. The quantitative estimate of drug-likeness (QED) is 0.844. The molecule has 1 aliphatic rings. The highest BCUT2D eigenvalue weighted by Gasteiger charge is 2.30. The summed E-state index contributed by atoms with van der Waals surface area (Å²) in [7, 11) is 0. The Morgan fingerprint density at radius 1 is 1.53 bits per heavy atom. The molecule has 0 radical (unpaired) electrons. The highest BCUT2D eigenvalue weighted by Crippen LogP contribution is 2.33. The van der Waals surface area contributed by atoms with E-state index in [0.717, 1.165) is 18.4 Å². The van der Waals surface area contributed by atoms with Gasteiger partial charge in [-0.1, -0.05) is 12.8 Å². The van der Waals surface area contributed by atoms with Gasteiger partial charge in [-0.05, 0) is 30.2 Å². The number of aryl methyl sites for hydroxylation is 1. The summed E-state index contributed by atoms with van der Waals surface area (Å²) in [5.41, 5.74) is 1.47. The summed E-state index contributed by atoms with van der Waals surface area (Å²) in [5, 5.41) is 15.3. The normalized spacial score (nSPS) is 16.5. The van der Waals surface area contributed by atoms with Gasteiger partial charge in [0, 0.05) is 5.38 Å². The summed E-state index contributed by atoms with van der Waals surface area (Å²) >= 11 is 1.45. The molecule has 92 valence electrons. The maximum absolute atomic E-state index is 11.9. The molecule has 1 unspecified atom stereocenters. The van der Waals surface area contributed by atoms with E-state index in [4.69, 9.17) is 5.11 Å². The molecule has 2 N–H and O–H groups in total. The molecule has 4 nitrogen and oxygen atoms in total. The van der Waals surface area contributed by atoms with Crippen molar-refractivity contribution >= 4 is 23.2 Å². The number of amides is 1. The lowest BCUT2D eigenvalue weighted by Crippen LogP contribution is -2.41. The van der Waals surface area contributed by atoms with Gasteiger partial charge in [0.1, 0.15) is 6.04 Å². The summed E-state index contributed by atoms with van der Waals surface area (Å²) in [4.78, 5) is 22.9. The molecule has 1 aliphatic carbocycles. The third kappa shape index (κ3) is 3.06. The number of carbonyl (C=O) groups excluding carboxylic acids is 1. The van der Waals surface area contributed by atoms with Gasteiger partial charge < -0.3 is 10.4 Å².